The Kier molecular flexibility index (Phi) is 4.53. The summed E-state index contributed by atoms with van der Waals surface area (Å²) >= 11 is 0. The van der Waals surface area contributed by atoms with Crippen LogP contribution in [-0.4, -0.2) is 40.9 Å². The van der Waals surface area contributed by atoms with Crippen molar-refractivity contribution in [3.63, 3.8) is 0 Å². The van der Waals surface area contributed by atoms with Gasteiger partial charge in [0.1, 0.15) is 11.4 Å². The Hall–Kier alpha value is -3.52. The molecule has 8 heteroatoms. The fourth-order valence-corrected chi connectivity index (χ4v) is 4.34. The molecule has 1 saturated carbocycles. The number of hydrogen-bond acceptors (Lipinski definition) is 6. The van der Waals surface area contributed by atoms with Gasteiger partial charge in [0.25, 0.3) is 5.89 Å². The van der Waals surface area contributed by atoms with Gasteiger partial charge in [0, 0.05) is 49.4 Å². The first-order valence-electron chi connectivity index (χ1n) is 10.9. The second-order valence-electron chi connectivity index (χ2n) is 8.35. The standard InChI is InChI=1S/C24H22FN5O2/c25-19-12-17-20(13-21(19)29-10-8-26-9-11-29)30(16-6-7-16)14-18(22(17)31)24-28-27-23(32-24)15-4-2-1-3-5-15/h1-5,12-14,16,26H,6-11H2. The smallest absolute Gasteiger partial charge is 0.253 e. The van der Waals surface area contributed by atoms with Gasteiger partial charge in [0.2, 0.25) is 11.3 Å². The summed E-state index contributed by atoms with van der Waals surface area (Å²) in [6, 6.07) is 12.9. The minimum Gasteiger partial charge on any atom is -0.416 e. The summed E-state index contributed by atoms with van der Waals surface area (Å²) in [5.41, 5.74) is 2.07. The molecule has 1 aliphatic heterocycles. The van der Waals surface area contributed by atoms with Gasteiger partial charge < -0.3 is 19.2 Å². The van der Waals surface area contributed by atoms with Crippen molar-refractivity contribution in [1.29, 1.82) is 0 Å². The number of halogens is 1. The minimum absolute atomic E-state index is 0.150. The van der Waals surface area contributed by atoms with Crippen LogP contribution < -0.4 is 15.6 Å². The van der Waals surface area contributed by atoms with Gasteiger partial charge in [0.05, 0.1) is 11.2 Å². The van der Waals surface area contributed by atoms with Gasteiger partial charge >= 0.3 is 0 Å². The topological polar surface area (TPSA) is 76.2 Å². The summed E-state index contributed by atoms with van der Waals surface area (Å²) in [7, 11) is 0. The molecule has 2 fully saturated rings. The number of rotatable bonds is 4. The van der Waals surface area contributed by atoms with E-state index in [0.29, 0.717) is 22.5 Å². The molecule has 1 saturated heterocycles. The normalized spacial score (nSPS) is 16.6. The highest BCUT2D eigenvalue weighted by Crippen LogP contribution is 2.39. The molecule has 6 rings (SSSR count). The molecule has 2 aromatic heterocycles. The predicted molar refractivity (Wildman–Crippen MR) is 120 cm³/mol. The number of nitrogens with zero attached hydrogens (tertiary/aromatic N) is 4. The molecule has 0 atom stereocenters. The monoisotopic (exact) mass is 431 g/mol. The summed E-state index contributed by atoms with van der Waals surface area (Å²) < 4.78 is 23.0. The average molecular weight is 431 g/mol. The van der Waals surface area contributed by atoms with E-state index < -0.39 is 0 Å². The fraction of sp³-hybridized carbons (Fsp3) is 0.292. The maximum Gasteiger partial charge on any atom is 0.253 e. The molecule has 2 aromatic carbocycles. The molecule has 1 N–H and O–H groups in total. The summed E-state index contributed by atoms with van der Waals surface area (Å²) in [4.78, 5) is 15.4. The van der Waals surface area contributed by atoms with E-state index in [2.05, 4.69) is 20.1 Å². The molecule has 162 valence electrons. The quantitative estimate of drug-likeness (QED) is 0.532. The number of pyridine rings is 1. The first kappa shape index (κ1) is 19.2. The Labute approximate surface area is 183 Å². The van der Waals surface area contributed by atoms with Crippen LogP contribution in [0.5, 0.6) is 0 Å². The zero-order valence-corrected chi connectivity index (χ0v) is 17.4. The molecule has 0 radical (unpaired) electrons. The highest BCUT2D eigenvalue weighted by molar-refractivity contribution is 5.86. The van der Waals surface area contributed by atoms with Gasteiger partial charge in [-0.25, -0.2) is 4.39 Å². The van der Waals surface area contributed by atoms with Crippen molar-refractivity contribution in [3.8, 4) is 22.9 Å². The molecule has 0 unspecified atom stereocenters. The lowest BCUT2D eigenvalue weighted by Crippen LogP contribution is -2.43. The Morgan fingerprint density at radius 2 is 1.78 bits per heavy atom. The van der Waals surface area contributed by atoms with Crippen LogP contribution in [0, 0.1) is 5.82 Å². The lowest BCUT2D eigenvalue weighted by atomic mass is 10.1. The van der Waals surface area contributed by atoms with Crippen molar-refractivity contribution in [3.05, 3.63) is 64.7 Å². The van der Waals surface area contributed by atoms with Crippen LogP contribution in [0.1, 0.15) is 18.9 Å². The molecule has 7 nitrogen and oxygen atoms in total. The third kappa shape index (κ3) is 3.27. The van der Waals surface area contributed by atoms with Crippen LogP contribution in [0.2, 0.25) is 0 Å². The fourth-order valence-electron chi connectivity index (χ4n) is 4.34. The molecule has 4 aromatic rings. The van der Waals surface area contributed by atoms with E-state index in [1.54, 1.807) is 6.20 Å². The summed E-state index contributed by atoms with van der Waals surface area (Å²) in [5.74, 6) is 0.113. The highest BCUT2D eigenvalue weighted by atomic mass is 19.1. The first-order valence-corrected chi connectivity index (χ1v) is 10.9. The van der Waals surface area contributed by atoms with Gasteiger partial charge in [-0.05, 0) is 37.1 Å². The van der Waals surface area contributed by atoms with Gasteiger partial charge in [-0.15, -0.1) is 10.2 Å². The molecule has 1 aliphatic carbocycles. The minimum atomic E-state index is -0.383. The summed E-state index contributed by atoms with van der Waals surface area (Å²) in [6.45, 7) is 3.09. The van der Waals surface area contributed by atoms with Gasteiger partial charge in [-0.3, -0.25) is 4.79 Å². The van der Waals surface area contributed by atoms with Crippen molar-refractivity contribution in [1.82, 2.24) is 20.1 Å². The van der Waals surface area contributed by atoms with E-state index in [1.807, 2.05) is 41.3 Å². The zero-order valence-electron chi connectivity index (χ0n) is 17.4. The molecule has 0 bridgehead atoms. The maximum atomic E-state index is 15.1. The average Bonchev–Trinajstić information content (AvgIpc) is 3.56. The Morgan fingerprint density at radius 1 is 1.03 bits per heavy atom. The zero-order chi connectivity index (χ0) is 21.7. The third-order valence-corrected chi connectivity index (χ3v) is 6.17. The number of benzene rings is 2. The van der Waals surface area contributed by atoms with Gasteiger partial charge in [-0.2, -0.15) is 0 Å². The number of nitrogens with one attached hydrogen (secondary N) is 1. The van der Waals surface area contributed by atoms with Crippen molar-refractivity contribution < 1.29 is 8.81 Å². The van der Waals surface area contributed by atoms with Crippen LogP contribution in [0.3, 0.4) is 0 Å². The molecule has 32 heavy (non-hydrogen) atoms. The summed E-state index contributed by atoms with van der Waals surface area (Å²) in [5, 5.41) is 11.9. The van der Waals surface area contributed by atoms with E-state index in [1.165, 1.54) is 6.07 Å². The number of hydrogen-bond donors (Lipinski definition) is 1. The maximum absolute atomic E-state index is 15.1. The van der Waals surface area contributed by atoms with Crippen LogP contribution in [0.4, 0.5) is 10.1 Å². The van der Waals surface area contributed by atoms with Crippen LogP contribution in [0.25, 0.3) is 33.8 Å². The van der Waals surface area contributed by atoms with Gasteiger partial charge in [0.15, 0.2) is 0 Å². The van der Waals surface area contributed by atoms with Crippen molar-refractivity contribution >= 4 is 16.6 Å². The SMILES string of the molecule is O=c1c(-c2nnc(-c3ccccc3)o2)cn(C2CC2)c2cc(N3CCNCC3)c(F)cc12. The number of piperazine rings is 1. The van der Waals surface area contributed by atoms with E-state index in [9.17, 15) is 4.79 Å². The van der Waals surface area contributed by atoms with E-state index in [0.717, 1.165) is 50.1 Å². The Bertz CT molecular complexity index is 1350. The second kappa shape index (κ2) is 7.56. The molecular weight excluding hydrogens is 409 g/mol. The molecule has 0 amide bonds. The number of anilines is 1. The molecule has 0 spiro atoms. The molecular formula is C24H22FN5O2. The van der Waals surface area contributed by atoms with E-state index in [4.69, 9.17) is 4.42 Å². The lowest BCUT2D eigenvalue weighted by Gasteiger charge is -2.30. The number of aromatic nitrogens is 3. The molecule has 2 aliphatic rings. The van der Waals surface area contributed by atoms with E-state index in [-0.39, 0.29) is 23.2 Å². The van der Waals surface area contributed by atoms with E-state index >= 15 is 4.39 Å². The Morgan fingerprint density at radius 3 is 2.53 bits per heavy atom. The van der Waals surface area contributed by atoms with Crippen LogP contribution in [0.15, 0.2) is 57.9 Å². The van der Waals surface area contributed by atoms with Crippen molar-refractivity contribution in [2.75, 3.05) is 31.1 Å². The second-order valence-corrected chi connectivity index (χ2v) is 8.35. The highest BCUT2D eigenvalue weighted by Gasteiger charge is 2.28. The number of fused-ring (bicyclic) bond motifs is 1. The largest absolute Gasteiger partial charge is 0.416 e. The van der Waals surface area contributed by atoms with Crippen molar-refractivity contribution in [2.24, 2.45) is 0 Å². The lowest BCUT2D eigenvalue weighted by molar-refractivity contribution is 0.566. The summed E-state index contributed by atoms with van der Waals surface area (Å²) in [6.07, 6.45) is 3.85. The van der Waals surface area contributed by atoms with Gasteiger partial charge in [-0.1, -0.05) is 18.2 Å². The predicted octanol–water partition coefficient (Wildman–Crippen LogP) is 3.60. The third-order valence-electron chi connectivity index (χ3n) is 6.17. The van der Waals surface area contributed by atoms with Crippen LogP contribution in [-0.2, 0) is 0 Å². The van der Waals surface area contributed by atoms with Crippen molar-refractivity contribution in [2.45, 2.75) is 18.9 Å². The molecule has 3 heterocycles. The van der Waals surface area contributed by atoms with Crippen LogP contribution >= 0.6 is 0 Å². The first-order chi connectivity index (χ1) is 15.7. The Balaban J connectivity index is 1.50.